The Bertz CT molecular complexity index is 1020. The number of ether oxygens (including phenoxy) is 3. The van der Waals surface area contributed by atoms with Gasteiger partial charge in [-0.15, -0.1) is 11.8 Å². The molecule has 0 atom stereocenters. The molecule has 4 aromatic carbocycles. The van der Waals surface area contributed by atoms with Crippen LogP contribution in [-0.2, 0) is 4.75 Å². The second-order valence-electron chi connectivity index (χ2n) is 7.24. The number of hydrogen-bond acceptors (Lipinski definition) is 4. The molecule has 4 aromatic rings. The first kappa shape index (κ1) is 21.8. The van der Waals surface area contributed by atoms with Crippen molar-refractivity contribution in [1.29, 1.82) is 0 Å². The molecule has 0 saturated heterocycles. The molecule has 0 fully saturated rings. The predicted molar refractivity (Wildman–Crippen MR) is 131 cm³/mol. The lowest BCUT2D eigenvalue weighted by atomic mass is 9.84. The lowest BCUT2D eigenvalue weighted by Crippen LogP contribution is -2.25. The van der Waals surface area contributed by atoms with Crippen LogP contribution in [0.2, 0.25) is 0 Å². The lowest BCUT2D eigenvalue weighted by molar-refractivity contribution is 0.323. The molecule has 0 saturated carbocycles. The first-order chi connectivity index (χ1) is 15.7. The van der Waals surface area contributed by atoms with Crippen molar-refractivity contribution in [2.24, 2.45) is 0 Å². The summed E-state index contributed by atoms with van der Waals surface area (Å²) in [5, 5.41) is 0. The summed E-state index contributed by atoms with van der Waals surface area (Å²) in [6.07, 6.45) is 0. The van der Waals surface area contributed by atoms with E-state index in [-0.39, 0.29) is 0 Å². The second-order valence-corrected chi connectivity index (χ2v) is 8.53. The van der Waals surface area contributed by atoms with E-state index in [0.29, 0.717) is 17.2 Å². The Kier molecular flexibility index (Phi) is 6.72. The minimum Gasteiger partial charge on any atom is -0.493 e. The average molecular weight is 443 g/mol. The standard InChI is InChI=1S/C28H26O3S/c1-29-25-19-24(20-26(30-2)27(25)31-3)32-28(21-13-7-4-8-14-21,22-15-9-5-10-16-22)23-17-11-6-12-18-23/h4-20H,1-3H3. The summed E-state index contributed by atoms with van der Waals surface area (Å²) < 4.78 is 16.3. The SMILES string of the molecule is COc1cc(SC(c2ccccc2)(c2ccccc2)c2ccccc2)cc(OC)c1OC. The van der Waals surface area contributed by atoms with Crippen molar-refractivity contribution in [3.05, 3.63) is 120 Å². The minimum atomic E-state index is -0.478. The van der Waals surface area contributed by atoms with Crippen molar-refractivity contribution in [2.75, 3.05) is 21.3 Å². The molecular formula is C28H26O3S. The van der Waals surface area contributed by atoms with Gasteiger partial charge in [0.05, 0.1) is 26.1 Å². The highest BCUT2D eigenvalue weighted by atomic mass is 32.2. The second kappa shape index (κ2) is 9.84. The van der Waals surface area contributed by atoms with Gasteiger partial charge in [-0.3, -0.25) is 0 Å². The zero-order valence-corrected chi connectivity index (χ0v) is 19.3. The van der Waals surface area contributed by atoms with Crippen molar-refractivity contribution in [3.63, 3.8) is 0 Å². The molecule has 4 rings (SSSR count). The summed E-state index contributed by atoms with van der Waals surface area (Å²) in [4.78, 5) is 1.01. The third-order valence-electron chi connectivity index (χ3n) is 5.45. The van der Waals surface area contributed by atoms with Crippen LogP contribution >= 0.6 is 11.8 Å². The highest BCUT2D eigenvalue weighted by Gasteiger charge is 2.38. The van der Waals surface area contributed by atoms with Crippen molar-refractivity contribution in [1.82, 2.24) is 0 Å². The third-order valence-corrected chi connectivity index (χ3v) is 6.93. The molecule has 0 N–H and O–H groups in total. The van der Waals surface area contributed by atoms with Gasteiger partial charge in [0.25, 0.3) is 0 Å². The van der Waals surface area contributed by atoms with Gasteiger partial charge < -0.3 is 14.2 Å². The summed E-state index contributed by atoms with van der Waals surface area (Å²) in [5.41, 5.74) is 3.57. The van der Waals surface area contributed by atoms with Crippen molar-refractivity contribution in [2.45, 2.75) is 9.64 Å². The molecule has 0 aliphatic heterocycles. The van der Waals surface area contributed by atoms with Crippen molar-refractivity contribution >= 4 is 11.8 Å². The molecule has 0 amide bonds. The Morgan fingerprint density at radius 2 is 0.906 bits per heavy atom. The van der Waals surface area contributed by atoms with Gasteiger partial charge in [-0.05, 0) is 28.8 Å². The van der Waals surface area contributed by atoms with Crippen LogP contribution < -0.4 is 14.2 Å². The van der Waals surface area contributed by atoms with Gasteiger partial charge in [-0.1, -0.05) is 91.0 Å². The maximum Gasteiger partial charge on any atom is 0.203 e. The van der Waals surface area contributed by atoms with E-state index in [4.69, 9.17) is 14.2 Å². The van der Waals surface area contributed by atoms with Crippen molar-refractivity contribution in [3.8, 4) is 17.2 Å². The van der Waals surface area contributed by atoms with Crippen LogP contribution in [0.3, 0.4) is 0 Å². The number of thioether (sulfide) groups is 1. The molecule has 0 unspecified atom stereocenters. The van der Waals surface area contributed by atoms with Gasteiger partial charge in [0.15, 0.2) is 11.5 Å². The van der Waals surface area contributed by atoms with E-state index in [9.17, 15) is 0 Å². The molecule has 162 valence electrons. The van der Waals surface area contributed by atoms with Crippen LogP contribution in [0.5, 0.6) is 17.2 Å². The Balaban J connectivity index is 1.99. The highest BCUT2D eigenvalue weighted by molar-refractivity contribution is 8.00. The van der Waals surface area contributed by atoms with Crippen LogP contribution in [0.15, 0.2) is 108 Å². The van der Waals surface area contributed by atoms with Crippen LogP contribution in [0, 0.1) is 0 Å². The molecular weight excluding hydrogens is 416 g/mol. The average Bonchev–Trinajstić information content (AvgIpc) is 2.88. The van der Waals surface area contributed by atoms with Gasteiger partial charge in [-0.25, -0.2) is 0 Å². The Morgan fingerprint density at radius 3 is 1.22 bits per heavy atom. The van der Waals surface area contributed by atoms with E-state index >= 15 is 0 Å². The number of rotatable bonds is 8. The maximum absolute atomic E-state index is 5.63. The summed E-state index contributed by atoms with van der Waals surface area (Å²) in [6.45, 7) is 0. The number of hydrogen-bond donors (Lipinski definition) is 0. The maximum atomic E-state index is 5.63. The highest BCUT2D eigenvalue weighted by Crippen LogP contribution is 2.53. The van der Waals surface area contributed by atoms with E-state index < -0.39 is 4.75 Å². The fraction of sp³-hybridized carbons (Fsp3) is 0.143. The predicted octanol–water partition coefficient (Wildman–Crippen LogP) is 6.80. The zero-order valence-electron chi connectivity index (χ0n) is 18.4. The van der Waals surface area contributed by atoms with E-state index in [1.807, 2.05) is 30.3 Å². The molecule has 0 aliphatic carbocycles. The normalized spacial score (nSPS) is 11.1. The fourth-order valence-electron chi connectivity index (χ4n) is 3.99. The van der Waals surface area contributed by atoms with E-state index in [1.54, 1.807) is 33.1 Å². The van der Waals surface area contributed by atoms with Gasteiger partial charge in [0.2, 0.25) is 5.75 Å². The summed E-state index contributed by atoms with van der Waals surface area (Å²) in [6, 6.07) is 35.8. The van der Waals surface area contributed by atoms with Gasteiger partial charge in [0, 0.05) is 4.90 Å². The van der Waals surface area contributed by atoms with Crippen LogP contribution in [-0.4, -0.2) is 21.3 Å². The van der Waals surface area contributed by atoms with Gasteiger partial charge in [-0.2, -0.15) is 0 Å². The monoisotopic (exact) mass is 442 g/mol. The van der Waals surface area contributed by atoms with Crippen LogP contribution in [0.4, 0.5) is 0 Å². The van der Waals surface area contributed by atoms with Gasteiger partial charge >= 0.3 is 0 Å². The van der Waals surface area contributed by atoms with E-state index in [2.05, 4.69) is 72.8 Å². The Labute approximate surface area is 194 Å². The topological polar surface area (TPSA) is 27.7 Å². The molecule has 0 aromatic heterocycles. The van der Waals surface area contributed by atoms with E-state index in [0.717, 1.165) is 4.90 Å². The molecule has 32 heavy (non-hydrogen) atoms. The number of benzene rings is 4. The first-order valence-corrected chi connectivity index (χ1v) is 11.2. The molecule has 0 aliphatic rings. The minimum absolute atomic E-state index is 0.478. The molecule has 0 radical (unpaired) electrons. The first-order valence-electron chi connectivity index (χ1n) is 10.4. The molecule has 3 nitrogen and oxygen atoms in total. The largest absolute Gasteiger partial charge is 0.493 e. The molecule has 4 heteroatoms. The molecule has 0 spiro atoms. The smallest absolute Gasteiger partial charge is 0.203 e. The molecule has 0 heterocycles. The number of methoxy groups -OCH3 is 3. The zero-order chi connectivity index (χ0) is 22.4. The Hall–Kier alpha value is -3.37. The van der Waals surface area contributed by atoms with Crippen LogP contribution in [0.25, 0.3) is 0 Å². The molecule has 0 bridgehead atoms. The summed E-state index contributed by atoms with van der Waals surface area (Å²) >= 11 is 1.76. The quantitative estimate of drug-likeness (QED) is 0.222. The van der Waals surface area contributed by atoms with Crippen LogP contribution in [0.1, 0.15) is 16.7 Å². The van der Waals surface area contributed by atoms with E-state index in [1.165, 1.54) is 16.7 Å². The summed E-state index contributed by atoms with van der Waals surface area (Å²) in [7, 11) is 4.91. The Morgan fingerprint density at radius 1 is 0.531 bits per heavy atom. The lowest BCUT2D eigenvalue weighted by Gasteiger charge is -2.35. The fourth-order valence-corrected chi connectivity index (χ4v) is 5.44. The third kappa shape index (κ3) is 4.06. The summed E-state index contributed by atoms with van der Waals surface area (Å²) in [5.74, 6) is 1.86. The van der Waals surface area contributed by atoms with Crippen molar-refractivity contribution < 1.29 is 14.2 Å². The van der Waals surface area contributed by atoms with Gasteiger partial charge in [0.1, 0.15) is 0 Å².